The van der Waals surface area contributed by atoms with Crippen LogP contribution in [0.25, 0.3) is 22.5 Å². The van der Waals surface area contributed by atoms with E-state index in [4.69, 9.17) is 4.74 Å². The van der Waals surface area contributed by atoms with Gasteiger partial charge in [0.05, 0.1) is 13.2 Å². The molecule has 1 amide bonds. The minimum atomic E-state index is -1.46. The third kappa shape index (κ3) is 11.1. The van der Waals surface area contributed by atoms with Crippen molar-refractivity contribution >= 4 is 17.7 Å². The number of carboxylic acids is 1. The number of benzene rings is 3. The summed E-state index contributed by atoms with van der Waals surface area (Å²) in [5.74, 6) is -1.34. The molecule has 0 saturated carbocycles. The highest BCUT2D eigenvalue weighted by Crippen LogP contribution is 2.25. The number of unbranched alkanes of at least 4 members (excludes halogenated alkanes) is 4. The van der Waals surface area contributed by atoms with Gasteiger partial charge in [0, 0.05) is 41.4 Å². The molecule has 4 rings (SSSR count). The summed E-state index contributed by atoms with van der Waals surface area (Å²) in [7, 11) is 0. The molecule has 0 spiro atoms. The van der Waals surface area contributed by atoms with Crippen LogP contribution in [0.1, 0.15) is 86.7 Å². The summed E-state index contributed by atoms with van der Waals surface area (Å²) in [5.41, 5.74) is 5.01. The molecule has 0 fully saturated rings. The van der Waals surface area contributed by atoms with Gasteiger partial charge in [-0.2, -0.15) is 0 Å². The molecule has 1 aromatic heterocycles. The fourth-order valence-corrected chi connectivity index (χ4v) is 5.47. The van der Waals surface area contributed by atoms with Crippen LogP contribution in [0.3, 0.4) is 0 Å². The van der Waals surface area contributed by atoms with Gasteiger partial charge in [0.15, 0.2) is 11.6 Å². The van der Waals surface area contributed by atoms with Crippen molar-refractivity contribution in [1.82, 2.24) is 15.3 Å². The summed E-state index contributed by atoms with van der Waals surface area (Å²) < 4.78 is 5.88. The van der Waals surface area contributed by atoms with Gasteiger partial charge < -0.3 is 20.3 Å². The summed E-state index contributed by atoms with van der Waals surface area (Å²) in [6.45, 7) is 6.30. The zero-order chi connectivity index (χ0) is 35.2. The van der Waals surface area contributed by atoms with Gasteiger partial charge in [-0.1, -0.05) is 107 Å². The fraction of sp³-hybridized carbons (Fsp3) is 0.375. The van der Waals surface area contributed by atoms with Crippen LogP contribution in [0.5, 0.6) is 5.75 Å². The molecule has 9 nitrogen and oxygen atoms in total. The number of nitrogens with zero attached hydrogens (tertiary/aromatic N) is 2. The monoisotopic (exact) mass is 665 g/mol. The van der Waals surface area contributed by atoms with Gasteiger partial charge in [-0.25, -0.2) is 14.8 Å². The average Bonchev–Trinajstić information content (AvgIpc) is 3.12. The second-order valence-electron chi connectivity index (χ2n) is 12.7. The minimum absolute atomic E-state index is 0.122. The smallest absolute Gasteiger partial charge is 0.328 e. The van der Waals surface area contributed by atoms with Gasteiger partial charge in [0.2, 0.25) is 5.91 Å². The van der Waals surface area contributed by atoms with E-state index in [1.54, 1.807) is 24.5 Å². The van der Waals surface area contributed by atoms with Gasteiger partial charge in [0.25, 0.3) is 0 Å². The van der Waals surface area contributed by atoms with E-state index in [9.17, 15) is 24.6 Å². The molecule has 49 heavy (non-hydrogen) atoms. The maximum Gasteiger partial charge on any atom is 0.328 e. The van der Waals surface area contributed by atoms with E-state index in [2.05, 4.69) is 36.1 Å². The number of ketones is 1. The van der Waals surface area contributed by atoms with Crippen LogP contribution in [0.15, 0.2) is 85.2 Å². The quantitative estimate of drug-likeness (QED) is 0.0702. The van der Waals surface area contributed by atoms with Crippen LogP contribution in [0.4, 0.5) is 0 Å². The van der Waals surface area contributed by atoms with Gasteiger partial charge >= 0.3 is 5.97 Å². The average molecular weight is 666 g/mol. The molecular formula is C40H47N3O6. The molecule has 4 aromatic rings. The Balaban J connectivity index is 1.41. The van der Waals surface area contributed by atoms with E-state index in [0.717, 1.165) is 40.0 Å². The van der Waals surface area contributed by atoms with Gasteiger partial charge in [-0.05, 0) is 47.6 Å². The normalized spacial score (nSPS) is 12.3. The first-order valence-electron chi connectivity index (χ1n) is 17.1. The van der Waals surface area contributed by atoms with Crippen molar-refractivity contribution in [3.05, 3.63) is 102 Å². The largest absolute Gasteiger partial charge is 0.494 e. The van der Waals surface area contributed by atoms with Crippen molar-refractivity contribution in [2.24, 2.45) is 5.92 Å². The standard InChI is InChI=1S/C40H47N3O6/c1-4-5-6-7-8-21-49-35-19-17-30(18-20-35)34-24-41-38(42-25-34)32-11-9-28(10-12-32)22-33(39(46)43-36(26-44)40(47)48)23-37(45)31-15-13-29(14-16-31)27(2)3/h9-20,24-25,27,33,36,44H,4-8,21-23,26H2,1-3H3,(H,43,46)(H,47,48)/t33-,36-/m1/s1. The maximum atomic E-state index is 13.2. The first-order valence-corrected chi connectivity index (χ1v) is 17.1. The molecule has 0 saturated heterocycles. The number of rotatable bonds is 19. The fourth-order valence-electron chi connectivity index (χ4n) is 5.47. The molecule has 2 atom stereocenters. The molecule has 1 heterocycles. The Morgan fingerprint density at radius 2 is 1.43 bits per heavy atom. The SMILES string of the molecule is CCCCCCCOc1ccc(-c2cnc(-c3ccc(C[C@H](CC(=O)c4ccc(C(C)C)cc4)C(=O)N[C@H](CO)C(=O)O)cc3)nc2)cc1. The van der Waals surface area contributed by atoms with Crippen LogP contribution in [0, 0.1) is 5.92 Å². The van der Waals surface area contributed by atoms with Gasteiger partial charge in [-0.3, -0.25) is 9.59 Å². The molecule has 0 aliphatic heterocycles. The van der Waals surface area contributed by atoms with Crippen LogP contribution >= 0.6 is 0 Å². The number of aliphatic carboxylic acids is 1. The number of carbonyl (C=O) groups is 3. The number of aliphatic hydroxyl groups excluding tert-OH is 1. The van der Waals surface area contributed by atoms with Crippen molar-refractivity contribution in [2.75, 3.05) is 13.2 Å². The molecule has 258 valence electrons. The molecule has 9 heteroatoms. The Morgan fingerprint density at radius 3 is 2.02 bits per heavy atom. The van der Waals surface area contributed by atoms with E-state index < -0.39 is 30.4 Å². The second kappa shape index (κ2) is 18.6. The summed E-state index contributed by atoms with van der Waals surface area (Å²) >= 11 is 0. The summed E-state index contributed by atoms with van der Waals surface area (Å²) in [6, 6.07) is 21.2. The predicted molar refractivity (Wildman–Crippen MR) is 190 cm³/mol. The molecule has 3 aromatic carbocycles. The van der Waals surface area contributed by atoms with E-state index in [-0.39, 0.29) is 18.6 Å². The molecular weight excluding hydrogens is 618 g/mol. The van der Waals surface area contributed by atoms with E-state index in [1.165, 1.54) is 25.7 Å². The summed E-state index contributed by atoms with van der Waals surface area (Å²) in [6.07, 6.45) is 9.61. The Morgan fingerprint density at radius 1 is 0.796 bits per heavy atom. The van der Waals surface area contributed by atoms with Crippen LogP contribution in [-0.4, -0.2) is 57.1 Å². The van der Waals surface area contributed by atoms with E-state index in [1.807, 2.05) is 60.7 Å². The maximum absolute atomic E-state index is 13.2. The van der Waals surface area contributed by atoms with Crippen molar-refractivity contribution in [1.29, 1.82) is 0 Å². The minimum Gasteiger partial charge on any atom is -0.494 e. The number of hydrogen-bond acceptors (Lipinski definition) is 7. The molecule has 3 N–H and O–H groups in total. The third-order valence-electron chi connectivity index (χ3n) is 8.55. The number of hydrogen-bond donors (Lipinski definition) is 3. The first-order chi connectivity index (χ1) is 23.7. The van der Waals surface area contributed by atoms with E-state index >= 15 is 0 Å². The van der Waals surface area contributed by atoms with Gasteiger partial charge in [-0.15, -0.1) is 0 Å². The lowest BCUT2D eigenvalue weighted by Crippen LogP contribution is -2.46. The number of ether oxygens (including phenoxy) is 1. The topological polar surface area (TPSA) is 139 Å². The van der Waals surface area contributed by atoms with Crippen LogP contribution in [-0.2, 0) is 16.0 Å². The van der Waals surface area contributed by atoms with Gasteiger partial charge in [0.1, 0.15) is 11.8 Å². The molecule has 0 unspecified atom stereocenters. The first kappa shape index (κ1) is 36.9. The second-order valence-corrected chi connectivity index (χ2v) is 12.7. The lowest BCUT2D eigenvalue weighted by atomic mass is 9.90. The number of aromatic nitrogens is 2. The zero-order valence-electron chi connectivity index (χ0n) is 28.6. The Bertz CT molecular complexity index is 1640. The lowest BCUT2D eigenvalue weighted by molar-refractivity contribution is -0.143. The highest BCUT2D eigenvalue weighted by atomic mass is 16.5. The number of carbonyl (C=O) groups excluding carboxylic acids is 2. The number of carboxylic acid groups (broad SMARTS) is 1. The molecule has 0 bridgehead atoms. The van der Waals surface area contributed by atoms with Crippen LogP contribution in [0.2, 0.25) is 0 Å². The van der Waals surface area contributed by atoms with E-state index in [0.29, 0.717) is 23.9 Å². The third-order valence-corrected chi connectivity index (χ3v) is 8.55. The lowest BCUT2D eigenvalue weighted by Gasteiger charge is -2.19. The molecule has 0 aliphatic rings. The number of Topliss-reactive ketones (excluding diaryl/α,β-unsaturated/α-hetero) is 1. The highest BCUT2D eigenvalue weighted by molar-refractivity contribution is 5.99. The highest BCUT2D eigenvalue weighted by Gasteiger charge is 2.27. The van der Waals surface area contributed by atoms with Crippen molar-refractivity contribution in [2.45, 2.75) is 77.7 Å². The summed E-state index contributed by atoms with van der Waals surface area (Å²) in [5, 5.41) is 21.2. The molecule has 0 radical (unpaired) electrons. The number of amides is 1. The Labute approximate surface area is 288 Å². The van der Waals surface area contributed by atoms with Crippen molar-refractivity contribution in [3.8, 4) is 28.3 Å². The Hall–Kier alpha value is -4.89. The zero-order valence-corrected chi connectivity index (χ0v) is 28.6. The van der Waals surface area contributed by atoms with Crippen LogP contribution < -0.4 is 10.1 Å². The number of nitrogens with one attached hydrogen (secondary N) is 1. The van der Waals surface area contributed by atoms with Crippen molar-refractivity contribution < 1.29 is 29.3 Å². The predicted octanol–water partition coefficient (Wildman–Crippen LogP) is 7.28. The van der Waals surface area contributed by atoms with Crippen molar-refractivity contribution in [3.63, 3.8) is 0 Å². The Kier molecular flexibility index (Phi) is 14.0. The molecule has 0 aliphatic carbocycles. The number of aliphatic hydroxyl groups is 1. The summed E-state index contributed by atoms with van der Waals surface area (Å²) in [4.78, 5) is 47.0.